The molecule has 9 heteroatoms. The van der Waals surface area contributed by atoms with Gasteiger partial charge in [-0.05, 0) is 30.7 Å². The lowest BCUT2D eigenvalue weighted by molar-refractivity contribution is 0.391. The number of aryl methyl sites for hydroxylation is 1. The summed E-state index contributed by atoms with van der Waals surface area (Å²) in [4.78, 5) is 22.6. The zero-order valence-electron chi connectivity index (χ0n) is 21.0. The van der Waals surface area contributed by atoms with Gasteiger partial charge in [0, 0.05) is 48.2 Å². The van der Waals surface area contributed by atoms with Crippen LogP contribution in [0.4, 0.5) is 5.82 Å². The van der Waals surface area contributed by atoms with Gasteiger partial charge in [-0.15, -0.1) is 0 Å². The first-order chi connectivity index (χ1) is 18.7. The van der Waals surface area contributed by atoms with Crippen molar-refractivity contribution in [1.82, 2.24) is 29.5 Å². The molecule has 38 heavy (non-hydrogen) atoms. The minimum absolute atomic E-state index is 0.153. The average molecular weight is 504 g/mol. The number of rotatable bonds is 6. The predicted molar refractivity (Wildman–Crippen MR) is 144 cm³/mol. The van der Waals surface area contributed by atoms with E-state index < -0.39 is 0 Å². The molecule has 0 fully saturated rings. The molecule has 4 heterocycles. The normalized spacial score (nSPS) is 14.0. The zero-order valence-corrected chi connectivity index (χ0v) is 21.0. The average Bonchev–Trinajstić information content (AvgIpc) is 3.59. The summed E-state index contributed by atoms with van der Waals surface area (Å²) in [5.41, 5.74) is 4.04. The number of anilines is 1. The quantitative estimate of drug-likeness (QED) is 0.339. The fraction of sp³-hybridized carbons (Fsp3) is 0.207. The van der Waals surface area contributed by atoms with Gasteiger partial charge in [-0.1, -0.05) is 24.0 Å². The van der Waals surface area contributed by atoms with E-state index in [1.807, 2.05) is 54.9 Å². The lowest BCUT2D eigenvalue weighted by Crippen LogP contribution is -2.05. The number of hydrogen-bond donors (Lipinski definition) is 1. The lowest BCUT2D eigenvalue weighted by Gasteiger charge is -2.12. The molecule has 1 aliphatic heterocycles. The van der Waals surface area contributed by atoms with Crippen molar-refractivity contribution in [1.29, 1.82) is 0 Å². The fourth-order valence-corrected chi connectivity index (χ4v) is 4.56. The SMILES string of the molecule is COc1ccc(CNc2ncnc3cnc(-c4cccc(C#C[C@@H]5CCn6ccnc65)c4)nc23)c(OC)c1. The van der Waals surface area contributed by atoms with Gasteiger partial charge in [-0.3, -0.25) is 0 Å². The molecule has 1 atom stereocenters. The first kappa shape index (κ1) is 23.4. The molecule has 2 aromatic carbocycles. The van der Waals surface area contributed by atoms with Gasteiger partial charge in [-0.25, -0.2) is 24.9 Å². The van der Waals surface area contributed by atoms with Crippen LogP contribution in [0.5, 0.6) is 11.5 Å². The summed E-state index contributed by atoms with van der Waals surface area (Å²) in [5.74, 6) is 10.6. The van der Waals surface area contributed by atoms with Crippen molar-refractivity contribution >= 4 is 16.9 Å². The highest BCUT2D eigenvalue weighted by Gasteiger charge is 2.21. The lowest BCUT2D eigenvalue weighted by atomic mass is 10.1. The number of fused-ring (bicyclic) bond motifs is 2. The number of nitrogens with zero attached hydrogens (tertiary/aromatic N) is 6. The Morgan fingerprint density at radius 1 is 1.05 bits per heavy atom. The number of imidazole rings is 1. The van der Waals surface area contributed by atoms with Crippen LogP contribution in [-0.2, 0) is 13.1 Å². The monoisotopic (exact) mass is 503 g/mol. The van der Waals surface area contributed by atoms with Crippen molar-refractivity contribution < 1.29 is 9.47 Å². The van der Waals surface area contributed by atoms with E-state index in [4.69, 9.17) is 14.5 Å². The van der Waals surface area contributed by atoms with E-state index in [-0.39, 0.29) is 5.92 Å². The van der Waals surface area contributed by atoms with E-state index in [9.17, 15) is 0 Å². The molecule has 188 valence electrons. The highest BCUT2D eigenvalue weighted by Crippen LogP contribution is 2.28. The maximum Gasteiger partial charge on any atom is 0.160 e. The highest BCUT2D eigenvalue weighted by atomic mass is 16.5. The van der Waals surface area contributed by atoms with E-state index in [2.05, 4.69) is 41.7 Å². The maximum atomic E-state index is 5.52. The van der Waals surface area contributed by atoms with Crippen molar-refractivity contribution in [3.63, 3.8) is 0 Å². The molecule has 6 rings (SSSR count). The standard InChI is InChI=1S/C29H25N7O2/c1-37-23-9-8-22(25(15-23)38-2)16-31-28-26-24(33-18-34-28)17-32-27(35-26)21-5-3-4-19(14-21)6-7-20-10-12-36-13-11-30-29(20)36/h3-5,8-9,11,13-15,17-18,20H,10,12,16H2,1-2H3,(H,31,33,34)/t20-/m1/s1. The van der Waals surface area contributed by atoms with Crippen LogP contribution in [0.2, 0.25) is 0 Å². The molecular formula is C29H25N7O2. The Kier molecular flexibility index (Phi) is 6.28. The van der Waals surface area contributed by atoms with Crippen LogP contribution in [-0.4, -0.2) is 43.7 Å². The third-order valence-corrected chi connectivity index (χ3v) is 6.55. The second-order valence-electron chi connectivity index (χ2n) is 8.85. The Hall–Kier alpha value is -4.97. The van der Waals surface area contributed by atoms with Gasteiger partial charge >= 0.3 is 0 Å². The zero-order chi connectivity index (χ0) is 25.9. The summed E-state index contributed by atoms with van der Waals surface area (Å²) < 4.78 is 13.0. The summed E-state index contributed by atoms with van der Waals surface area (Å²) in [6, 6.07) is 13.7. The Morgan fingerprint density at radius 3 is 2.89 bits per heavy atom. The molecule has 0 bridgehead atoms. The first-order valence-corrected chi connectivity index (χ1v) is 12.3. The van der Waals surface area contributed by atoms with E-state index in [1.165, 1.54) is 6.33 Å². The highest BCUT2D eigenvalue weighted by molar-refractivity contribution is 5.85. The first-order valence-electron chi connectivity index (χ1n) is 12.3. The molecule has 0 unspecified atom stereocenters. The smallest absolute Gasteiger partial charge is 0.160 e. The Balaban J connectivity index is 1.26. The molecule has 0 saturated heterocycles. The molecular weight excluding hydrogens is 478 g/mol. The second-order valence-corrected chi connectivity index (χ2v) is 8.85. The number of nitrogens with one attached hydrogen (secondary N) is 1. The van der Waals surface area contributed by atoms with Crippen molar-refractivity contribution in [3.8, 4) is 34.7 Å². The van der Waals surface area contributed by atoms with Gasteiger partial charge in [0.25, 0.3) is 0 Å². The molecule has 3 aromatic heterocycles. The van der Waals surface area contributed by atoms with Gasteiger partial charge < -0.3 is 19.4 Å². The molecule has 9 nitrogen and oxygen atoms in total. The van der Waals surface area contributed by atoms with Crippen LogP contribution in [0.3, 0.4) is 0 Å². The van der Waals surface area contributed by atoms with Crippen LogP contribution in [0.25, 0.3) is 22.4 Å². The van der Waals surface area contributed by atoms with Crippen LogP contribution in [0.15, 0.2) is 67.4 Å². The van der Waals surface area contributed by atoms with E-state index >= 15 is 0 Å². The summed E-state index contributed by atoms with van der Waals surface area (Å²) in [7, 11) is 3.27. The van der Waals surface area contributed by atoms with Gasteiger partial charge in [0.15, 0.2) is 11.6 Å². The predicted octanol–water partition coefficient (Wildman–Crippen LogP) is 4.45. The Morgan fingerprint density at radius 2 is 2.00 bits per heavy atom. The van der Waals surface area contributed by atoms with Crippen molar-refractivity contribution in [2.24, 2.45) is 0 Å². The second kappa shape index (κ2) is 10.2. The summed E-state index contributed by atoms with van der Waals surface area (Å²) >= 11 is 0. The number of ether oxygens (including phenoxy) is 2. The summed E-state index contributed by atoms with van der Waals surface area (Å²) in [6.45, 7) is 1.45. The van der Waals surface area contributed by atoms with Gasteiger partial charge in [-0.2, -0.15) is 0 Å². The van der Waals surface area contributed by atoms with Crippen molar-refractivity contribution in [3.05, 3.63) is 84.3 Å². The molecule has 5 aromatic rings. The van der Waals surface area contributed by atoms with E-state index in [0.717, 1.165) is 47.0 Å². The maximum absolute atomic E-state index is 5.52. The molecule has 0 amide bonds. The van der Waals surface area contributed by atoms with Crippen LogP contribution < -0.4 is 14.8 Å². The number of aromatic nitrogens is 6. The molecule has 0 spiro atoms. The summed E-state index contributed by atoms with van der Waals surface area (Å²) in [6.07, 6.45) is 8.05. The Labute approximate surface area is 219 Å². The van der Waals surface area contributed by atoms with Crippen LogP contribution >= 0.6 is 0 Å². The third-order valence-electron chi connectivity index (χ3n) is 6.55. The number of hydrogen-bond acceptors (Lipinski definition) is 8. The third kappa shape index (κ3) is 4.60. The molecule has 1 aliphatic rings. The fourth-order valence-electron chi connectivity index (χ4n) is 4.56. The van der Waals surface area contributed by atoms with Crippen LogP contribution in [0.1, 0.15) is 29.3 Å². The minimum Gasteiger partial charge on any atom is -0.497 e. The molecule has 1 N–H and O–H groups in total. The molecule has 0 aliphatic carbocycles. The molecule has 0 saturated carbocycles. The largest absolute Gasteiger partial charge is 0.497 e. The van der Waals surface area contributed by atoms with Gasteiger partial charge in [0.05, 0.1) is 26.3 Å². The Bertz CT molecular complexity index is 1690. The van der Waals surface area contributed by atoms with Crippen molar-refractivity contribution in [2.45, 2.75) is 25.4 Å². The summed E-state index contributed by atoms with van der Waals surface area (Å²) in [5, 5.41) is 3.37. The van der Waals surface area contributed by atoms with E-state index in [0.29, 0.717) is 29.2 Å². The van der Waals surface area contributed by atoms with Gasteiger partial charge in [0.2, 0.25) is 0 Å². The van der Waals surface area contributed by atoms with E-state index in [1.54, 1.807) is 20.4 Å². The van der Waals surface area contributed by atoms with Crippen LogP contribution in [0, 0.1) is 11.8 Å². The number of methoxy groups -OCH3 is 2. The molecule has 0 radical (unpaired) electrons. The van der Waals surface area contributed by atoms with Gasteiger partial charge in [0.1, 0.15) is 34.7 Å². The van der Waals surface area contributed by atoms with Crippen molar-refractivity contribution in [2.75, 3.05) is 19.5 Å². The number of benzene rings is 2. The minimum atomic E-state index is 0.153. The topological polar surface area (TPSA) is 99.9 Å².